The van der Waals surface area contributed by atoms with Crippen molar-refractivity contribution >= 4 is 34.6 Å². The number of likely N-dealkylation sites (N-methyl/N-ethyl adjacent to an activating group) is 1. The highest BCUT2D eigenvalue weighted by Crippen LogP contribution is 2.43. The van der Waals surface area contributed by atoms with Crippen LogP contribution in [0.2, 0.25) is 0 Å². The number of benzene rings is 3. The molecule has 2 saturated heterocycles. The van der Waals surface area contributed by atoms with Crippen LogP contribution in [-0.2, 0) is 61.3 Å². The topological polar surface area (TPSA) is 166 Å². The summed E-state index contributed by atoms with van der Waals surface area (Å²) < 4.78 is 14.4. The van der Waals surface area contributed by atoms with Crippen LogP contribution in [0.15, 0.2) is 67.3 Å². The van der Waals surface area contributed by atoms with Gasteiger partial charge in [0.15, 0.2) is 6.04 Å². The van der Waals surface area contributed by atoms with Crippen LogP contribution >= 0.6 is 0 Å². The Balaban J connectivity index is 1.19. The molecule has 3 aromatic carbocycles. The summed E-state index contributed by atoms with van der Waals surface area (Å²) in [6.07, 6.45) is 3.19. The van der Waals surface area contributed by atoms with Gasteiger partial charge in [-0.1, -0.05) is 64.6 Å². The zero-order chi connectivity index (χ0) is 46.3. The van der Waals surface area contributed by atoms with E-state index in [9.17, 15) is 29.2 Å². The second-order valence-corrected chi connectivity index (χ2v) is 19.2. The van der Waals surface area contributed by atoms with E-state index in [0.29, 0.717) is 57.6 Å². The number of aromatic hydroxyl groups is 1. The predicted octanol–water partition coefficient (Wildman–Crippen LogP) is 5.82. The fourth-order valence-corrected chi connectivity index (χ4v) is 10.2. The number of phenolic OH excluding ortho intramolecular Hbond substituents is 1. The van der Waals surface area contributed by atoms with Crippen LogP contribution in [-0.4, -0.2) is 111 Å². The normalized spacial score (nSPS) is 21.4. The second-order valence-electron chi connectivity index (χ2n) is 19.2. The van der Waals surface area contributed by atoms with Gasteiger partial charge in [-0.25, -0.2) is 5.43 Å². The number of hydrogen-bond donors (Lipinski definition) is 3. The highest BCUT2D eigenvalue weighted by atomic mass is 16.5. The van der Waals surface area contributed by atoms with Crippen molar-refractivity contribution in [3.8, 4) is 28.1 Å². The summed E-state index contributed by atoms with van der Waals surface area (Å²) in [5, 5.41) is 18.1. The number of hydrazine groups is 2. The quantitative estimate of drug-likeness (QED) is 0.0808. The second kappa shape index (κ2) is 18.4. The molecule has 0 unspecified atom stereocenters. The molecule has 344 valence electrons. The summed E-state index contributed by atoms with van der Waals surface area (Å²) in [7, 11) is 1.55. The van der Waals surface area contributed by atoms with Crippen molar-refractivity contribution in [3.05, 3.63) is 94.4 Å². The van der Waals surface area contributed by atoms with Crippen LogP contribution in [0.1, 0.15) is 76.1 Å². The van der Waals surface area contributed by atoms with Crippen molar-refractivity contribution in [2.24, 2.45) is 11.3 Å². The molecule has 1 aromatic heterocycles. The van der Waals surface area contributed by atoms with Crippen molar-refractivity contribution in [1.82, 2.24) is 30.2 Å². The van der Waals surface area contributed by atoms with Crippen molar-refractivity contribution in [1.29, 1.82) is 0 Å². The van der Waals surface area contributed by atoms with Crippen LogP contribution in [0.4, 0.5) is 0 Å². The van der Waals surface area contributed by atoms with Gasteiger partial charge in [0.2, 0.25) is 11.8 Å². The summed E-state index contributed by atoms with van der Waals surface area (Å²) in [5.41, 5.74) is 11.5. The lowest BCUT2D eigenvalue weighted by Gasteiger charge is -2.36. The van der Waals surface area contributed by atoms with Gasteiger partial charge in [-0.2, -0.15) is 0 Å². The molecule has 0 radical (unpaired) electrons. The number of amides is 3. The molecule has 4 aliphatic rings. The molecule has 0 saturated carbocycles. The fraction of sp³-hybridized carbons (Fsp3) is 0.480. The minimum absolute atomic E-state index is 0.00112. The number of ether oxygens (including phenoxy) is 2. The van der Waals surface area contributed by atoms with Crippen LogP contribution in [0.3, 0.4) is 0 Å². The molecule has 4 aromatic rings. The predicted molar refractivity (Wildman–Crippen MR) is 246 cm³/mol. The third kappa shape index (κ3) is 9.13. The van der Waals surface area contributed by atoms with E-state index in [1.54, 1.807) is 24.1 Å². The number of carbonyl (C=O) groups is 4. The third-order valence-electron chi connectivity index (χ3n) is 13.5. The number of hydrogen-bond acceptors (Lipinski definition) is 9. The van der Waals surface area contributed by atoms with Gasteiger partial charge >= 0.3 is 5.97 Å². The van der Waals surface area contributed by atoms with Gasteiger partial charge in [0.1, 0.15) is 22.7 Å². The Morgan fingerprint density at radius 3 is 2.62 bits per heavy atom. The SMILES string of the molecule is C=CC(=O)N1CC[C@H]([N+](=O)N(C)[C@H](C(=O)N[C@H]2Cc3cc(O)cc(c3)-c3ccc4c(c3)c(c(-c3cccc5c3COC5)n4CC)CC(C)(C)COC(=O)[C@@H]3CCCN(N3)C2=O)C(C)C)C1. The Bertz CT molecular complexity index is 2550. The minimum atomic E-state index is -1.16. The molecule has 65 heavy (non-hydrogen) atoms. The number of rotatable bonds is 9. The molecular formula is C50H62N7O8+. The number of phenols is 1. The van der Waals surface area contributed by atoms with Crippen molar-refractivity contribution in [3.63, 3.8) is 0 Å². The van der Waals surface area contributed by atoms with Crippen LogP contribution < -0.4 is 10.7 Å². The molecule has 6 bridgehead atoms. The number of fused-ring (bicyclic) bond motifs is 7. The largest absolute Gasteiger partial charge is 0.508 e. The fourth-order valence-electron chi connectivity index (χ4n) is 10.2. The lowest BCUT2D eigenvalue weighted by molar-refractivity contribution is -0.732. The van der Waals surface area contributed by atoms with E-state index >= 15 is 0 Å². The summed E-state index contributed by atoms with van der Waals surface area (Å²) in [6, 6.07) is 14.4. The molecule has 15 heteroatoms. The van der Waals surface area contributed by atoms with Gasteiger partial charge < -0.3 is 29.4 Å². The molecule has 0 spiro atoms. The molecular weight excluding hydrogens is 827 g/mol. The van der Waals surface area contributed by atoms with Crippen LogP contribution in [0.25, 0.3) is 33.3 Å². The maximum absolute atomic E-state index is 14.7. The van der Waals surface area contributed by atoms with E-state index in [1.165, 1.54) is 27.2 Å². The zero-order valence-corrected chi connectivity index (χ0v) is 38.4. The standard InChI is InChI=1S/C50H61N7O8/c1-8-44(59)54-19-17-35(26-54)57(63)53(7)45(30(3)4)47(60)51-42-22-31-20-34(23-36(58)21-31)32-15-16-43-38(24-32)39(46(55(43)9-2)37-13-10-12-33-27-64-28-40(33)37)25-50(5,6)29-65-49(62)41-14-11-18-56(52-41)48(42)61/h8,10,12-13,15-16,20-21,23-24,30,35,41-42,45,52H,1,9,11,14,17-19,22,25-29H2,2-7H3,(H-,51,58,60)/p+1/t35-,41-,42-,45-/m0/s1. The Morgan fingerprint density at radius 2 is 1.86 bits per heavy atom. The summed E-state index contributed by atoms with van der Waals surface area (Å²) >= 11 is 0. The van der Waals surface area contributed by atoms with E-state index < -0.39 is 47.4 Å². The molecule has 15 nitrogen and oxygen atoms in total. The Morgan fingerprint density at radius 1 is 1.06 bits per heavy atom. The number of cyclic esters (lactones) is 1. The molecule has 8 rings (SSSR count). The molecule has 4 atom stereocenters. The van der Waals surface area contributed by atoms with E-state index in [1.807, 2.05) is 26.0 Å². The smallest absolute Gasteiger partial charge is 0.324 e. The van der Waals surface area contributed by atoms with Crippen molar-refractivity contribution < 1.29 is 38.6 Å². The Hall–Kier alpha value is -6.06. The number of carbonyl (C=O) groups excluding carboxylic acids is 4. The third-order valence-corrected chi connectivity index (χ3v) is 13.5. The van der Waals surface area contributed by atoms with Gasteiger partial charge in [0.25, 0.3) is 11.9 Å². The highest BCUT2D eigenvalue weighted by molar-refractivity contribution is 5.96. The number of aryl methyl sites for hydroxylation is 1. The maximum Gasteiger partial charge on any atom is 0.324 e. The minimum Gasteiger partial charge on any atom is -0.508 e. The number of nitrogens with zero attached hydrogens (tertiary/aromatic N) is 5. The van der Waals surface area contributed by atoms with Gasteiger partial charge in [0.05, 0.1) is 44.0 Å². The maximum atomic E-state index is 14.7. The molecule has 4 aliphatic heterocycles. The van der Waals surface area contributed by atoms with Crippen LogP contribution in [0.5, 0.6) is 5.75 Å². The van der Waals surface area contributed by atoms with Gasteiger partial charge in [-0.3, -0.25) is 24.2 Å². The molecule has 5 heterocycles. The number of nitrogens with one attached hydrogen (secondary N) is 2. The van der Waals surface area contributed by atoms with E-state index in [0.717, 1.165) is 43.7 Å². The first-order chi connectivity index (χ1) is 31.1. The van der Waals surface area contributed by atoms with Gasteiger partial charge in [-0.15, -0.1) is 5.01 Å². The van der Waals surface area contributed by atoms with E-state index in [4.69, 9.17) is 9.47 Å². The van der Waals surface area contributed by atoms with Gasteiger partial charge in [-0.05, 0) is 95.8 Å². The van der Waals surface area contributed by atoms with Crippen molar-refractivity contribution in [2.75, 3.05) is 33.3 Å². The highest BCUT2D eigenvalue weighted by Gasteiger charge is 2.44. The molecule has 0 aliphatic carbocycles. The van der Waals surface area contributed by atoms with E-state index in [2.05, 4.69) is 73.0 Å². The Kier molecular flexibility index (Phi) is 12.9. The molecule has 3 amide bonds. The number of likely N-dealkylation sites (tertiary alicyclic amines) is 1. The number of nitroso groups, excluding NO2 is 1. The number of aromatic nitrogens is 1. The monoisotopic (exact) mass is 888 g/mol. The molecule has 2 fully saturated rings. The first-order valence-corrected chi connectivity index (χ1v) is 22.9. The average Bonchev–Trinajstić information content (AvgIpc) is 4.05. The van der Waals surface area contributed by atoms with E-state index in [-0.39, 0.29) is 43.7 Å². The van der Waals surface area contributed by atoms with Crippen molar-refractivity contribution in [2.45, 2.75) is 111 Å². The average molecular weight is 889 g/mol. The first-order valence-electron chi connectivity index (χ1n) is 22.9. The zero-order valence-electron chi connectivity index (χ0n) is 38.4. The van der Waals surface area contributed by atoms with Gasteiger partial charge in [0, 0.05) is 54.4 Å². The summed E-state index contributed by atoms with van der Waals surface area (Å²) in [6.45, 7) is 16.3. The summed E-state index contributed by atoms with van der Waals surface area (Å²) in [5.74, 6) is -2.11. The Labute approximate surface area is 380 Å². The summed E-state index contributed by atoms with van der Waals surface area (Å²) in [4.78, 5) is 71.5. The lowest BCUT2D eigenvalue weighted by Crippen LogP contribution is -2.62. The molecule has 3 N–H and O–H groups in total. The number of esters is 1. The lowest BCUT2D eigenvalue weighted by atomic mass is 9.83. The first kappa shape index (κ1) is 45.5. The van der Waals surface area contributed by atoms with Crippen LogP contribution in [0, 0.1) is 16.2 Å².